The normalized spacial score (nSPS) is 10.4. The van der Waals surface area contributed by atoms with Crippen LogP contribution in [0.3, 0.4) is 0 Å². The van der Waals surface area contributed by atoms with Crippen molar-refractivity contribution in [2.75, 3.05) is 6.54 Å². The molecule has 0 aliphatic heterocycles. The first kappa shape index (κ1) is 13.3. The Kier molecular flexibility index (Phi) is 4.00. The predicted molar refractivity (Wildman–Crippen MR) is 70.0 cm³/mol. The van der Waals surface area contributed by atoms with E-state index in [0.717, 1.165) is 4.47 Å². The van der Waals surface area contributed by atoms with Crippen LogP contribution in [0.4, 0.5) is 0 Å². The quantitative estimate of drug-likeness (QED) is 0.766. The van der Waals surface area contributed by atoms with Crippen molar-refractivity contribution in [2.45, 2.75) is 6.54 Å². The van der Waals surface area contributed by atoms with Crippen LogP contribution in [0.15, 0.2) is 29.3 Å². The number of aromatic amines is 1. The number of hydrogen-bond acceptors (Lipinski definition) is 3. The molecule has 1 amide bonds. The van der Waals surface area contributed by atoms with E-state index in [2.05, 4.69) is 31.2 Å². The molecular formula is C11H11BrN4O3. The molecule has 0 aromatic carbocycles. The fourth-order valence-electron chi connectivity index (χ4n) is 1.49. The topological polar surface area (TPSA) is 100 Å². The highest BCUT2D eigenvalue weighted by Crippen LogP contribution is 2.10. The van der Waals surface area contributed by atoms with Gasteiger partial charge in [0.1, 0.15) is 5.69 Å². The van der Waals surface area contributed by atoms with Crippen LogP contribution in [-0.4, -0.2) is 38.1 Å². The Hall–Kier alpha value is -2.09. The van der Waals surface area contributed by atoms with E-state index < -0.39 is 5.97 Å². The number of halogens is 1. The zero-order chi connectivity index (χ0) is 13.8. The number of carbonyl (C=O) groups is 2. The summed E-state index contributed by atoms with van der Waals surface area (Å²) < 4.78 is 2.41. The maximum absolute atomic E-state index is 11.7. The number of nitrogens with one attached hydrogen (secondary N) is 2. The average Bonchev–Trinajstić information content (AvgIpc) is 2.98. The number of carboxylic acid groups (broad SMARTS) is 1. The van der Waals surface area contributed by atoms with Crippen LogP contribution >= 0.6 is 15.9 Å². The summed E-state index contributed by atoms with van der Waals surface area (Å²) in [5, 5.41) is 11.4. The zero-order valence-corrected chi connectivity index (χ0v) is 11.3. The Morgan fingerprint density at radius 3 is 2.89 bits per heavy atom. The lowest BCUT2D eigenvalue weighted by atomic mass is 10.4. The summed E-state index contributed by atoms with van der Waals surface area (Å²) in [5.41, 5.74) is 0.448. The van der Waals surface area contributed by atoms with Gasteiger partial charge in [0.2, 0.25) is 0 Å². The molecule has 2 aromatic heterocycles. The molecule has 7 nitrogen and oxygen atoms in total. The van der Waals surface area contributed by atoms with Gasteiger partial charge in [0.25, 0.3) is 5.91 Å². The predicted octanol–water partition coefficient (Wildman–Crippen LogP) is 1.10. The lowest BCUT2D eigenvalue weighted by Gasteiger charge is -2.04. The third-order valence-electron chi connectivity index (χ3n) is 2.40. The van der Waals surface area contributed by atoms with Crippen molar-refractivity contribution in [3.05, 3.63) is 40.6 Å². The first-order valence-corrected chi connectivity index (χ1v) is 6.23. The molecule has 0 saturated heterocycles. The fourth-order valence-corrected chi connectivity index (χ4v) is 1.83. The molecule has 0 aliphatic carbocycles. The third-order valence-corrected chi connectivity index (χ3v) is 2.86. The highest BCUT2D eigenvalue weighted by molar-refractivity contribution is 9.10. The minimum absolute atomic E-state index is 0.0142. The van der Waals surface area contributed by atoms with Gasteiger partial charge in [0.15, 0.2) is 5.69 Å². The summed E-state index contributed by atoms with van der Waals surface area (Å²) in [6, 6.07) is 1.68. The number of rotatable bonds is 5. The van der Waals surface area contributed by atoms with Gasteiger partial charge in [-0.25, -0.2) is 9.78 Å². The van der Waals surface area contributed by atoms with E-state index >= 15 is 0 Å². The van der Waals surface area contributed by atoms with Gasteiger partial charge in [-0.2, -0.15) is 0 Å². The van der Waals surface area contributed by atoms with E-state index in [-0.39, 0.29) is 11.6 Å². The number of hydrogen-bond donors (Lipinski definition) is 3. The standard InChI is InChI=1S/C11H11BrN4O3/c12-7-3-8(14-4-7)10(17)13-1-2-16-5-9(11(18)19)15-6-16/h3-6,14H,1-2H2,(H,13,17)(H,18,19). The highest BCUT2D eigenvalue weighted by atomic mass is 79.9. The number of H-pyrrole nitrogens is 1. The Morgan fingerprint density at radius 1 is 1.53 bits per heavy atom. The molecule has 0 atom stereocenters. The SMILES string of the molecule is O=C(O)c1cn(CCNC(=O)c2cc(Br)c[nH]2)cn1. The van der Waals surface area contributed by atoms with E-state index in [0.29, 0.717) is 18.8 Å². The minimum Gasteiger partial charge on any atom is -0.476 e. The van der Waals surface area contributed by atoms with Gasteiger partial charge < -0.3 is 20.0 Å². The van der Waals surface area contributed by atoms with Crippen molar-refractivity contribution in [1.82, 2.24) is 19.9 Å². The monoisotopic (exact) mass is 326 g/mol. The molecular weight excluding hydrogens is 316 g/mol. The smallest absolute Gasteiger partial charge is 0.356 e. The maximum atomic E-state index is 11.7. The lowest BCUT2D eigenvalue weighted by molar-refractivity contribution is 0.0690. The number of imidazole rings is 1. The summed E-state index contributed by atoms with van der Waals surface area (Å²) >= 11 is 3.24. The second-order valence-corrected chi connectivity index (χ2v) is 4.71. The molecule has 100 valence electrons. The van der Waals surface area contributed by atoms with Crippen molar-refractivity contribution < 1.29 is 14.7 Å². The molecule has 3 N–H and O–H groups in total. The molecule has 0 radical (unpaired) electrons. The van der Waals surface area contributed by atoms with E-state index in [1.54, 1.807) is 16.8 Å². The second kappa shape index (κ2) is 5.70. The number of carboxylic acids is 1. The van der Waals surface area contributed by atoms with E-state index in [9.17, 15) is 9.59 Å². The van der Waals surface area contributed by atoms with Crippen LogP contribution in [0.25, 0.3) is 0 Å². The van der Waals surface area contributed by atoms with E-state index in [1.807, 2.05) is 0 Å². The number of aromatic nitrogens is 3. The Labute approximate surface area is 116 Å². The highest BCUT2D eigenvalue weighted by Gasteiger charge is 2.08. The van der Waals surface area contributed by atoms with Gasteiger partial charge in [-0.3, -0.25) is 4.79 Å². The molecule has 2 aromatic rings. The average molecular weight is 327 g/mol. The summed E-state index contributed by atoms with van der Waals surface area (Å²) in [5.74, 6) is -1.29. The Bertz CT molecular complexity index is 605. The van der Waals surface area contributed by atoms with Gasteiger partial charge in [-0.1, -0.05) is 0 Å². The molecule has 19 heavy (non-hydrogen) atoms. The lowest BCUT2D eigenvalue weighted by Crippen LogP contribution is -2.27. The second-order valence-electron chi connectivity index (χ2n) is 3.79. The van der Waals surface area contributed by atoms with Gasteiger partial charge in [0.05, 0.1) is 6.33 Å². The maximum Gasteiger partial charge on any atom is 0.356 e. The third kappa shape index (κ3) is 3.44. The molecule has 0 bridgehead atoms. The molecule has 0 aliphatic rings. The Morgan fingerprint density at radius 2 is 2.32 bits per heavy atom. The van der Waals surface area contributed by atoms with Crippen molar-refractivity contribution in [3.8, 4) is 0 Å². The molecule has 8 heteroatoms. The van der Waals surface area contributed by atoms with E-state index in [1.165, 1.54) is 12.5 Å². The molecule has 0 saturated carbocycles. The van der Waals surface area contributed by atoms with Crippen LogP contribution in [0.2, 0.25) is 0 Å². The zero-order valence-electron chi connectivity index (χ0n) is 9.76. The van der Waals surface area contributed by atoms with Crippen LogP contribution < -0.4 is 5.32 Å². The van der Waals surface area contributed by atoms with Gasteiger partial charge in [0, 0.05) is 30.0 Å². The first-order valence-electron chi connectivity index (χ1n) is 5.43. The van der Waals surface area contributed by atoms with Crippen molar-refractivity contribution >= 4 is 27.8 Å². The molecule has 2 rings (SSSR count). The van der Waals surface area contributed by atoms with Gasteiger partial charge in [-0.15, -0.1) is 0 Å². The van der Waals surface area contributed by atoms with Crippen molar-refractivity contribution in [1.29, 1.82) is 0 Å². The van der Waals surface area contributed by atoms with Crippen molar-refractivity contribution in [3.63, 3.8) is 0 Å². The molecule has 0 spiro atoms. The van der Waals surface area contributed by atoms with E-state index in [4.69, 9.17) is 5.11 Å². The van der Waals surface area contributed by atoms with Crippen LogP contribution in [0.5, 0.6) is 0 Å². The summed E-state index contributed by atoms with van der Waals surface area (Å²) in [6.07, 6.45) is 4.50. The fraction of sp³-hybridized carbons (Fsp3) is 0.182. The van der Waals surface area contributed by atoms with Crippen LogP contribution in [0, 0.1) is 0 Å². The number of nitrogens with zero attached hydrogens (tertiary/aromatic N) is 2. The molecule has 0 unspecified atom stereocenters. The van der Waals surface area contributed by atoms with Crippen LogP contribution in [-0.2, 0) is 6.54 Å². The molecule has 0 fully saturated rings. The number of aromatic carboxylic acids is 1. The molecule has 2 heterocycles. The number of carbonyl (C=O) groups excluding carboxylic acids is 1. The van der Waals surface area contributed by atoms with Gasteiger partial charge in [-0.05, 0) is 22.0 Å². The first-order chi connectivity index (χ1) is 9.06. The summed E-state index contributed by atoms with van der Waals surface area (Å²) in [4.78, 5) is 28.8. The largest absolute Gasteiger partial charge is 0.476 e. The van der Waals surface area contributed by atoms with Crippen LogP contribution in [0.1, 0.15) is 21.0 Å². The summed E-state index contributed by atoms with van der Waals surface area (Å²) in [6.45, 7) is 0.832. The van der Waals surface area contributed by atoms with Gasteiger partial charge >= 0.3 is 5.97 Å². The minimum atomic E-state index is -1.07. The Balaban J connectivity index is 1.83. The summed E-state index contributed by atoms with van der Waals surface area (Å²) in [7, 11) is 0. The van der Waals surface area contributed by atoms with Crippen molar-refractivity contribution in [2.24, 2.45) is 0 Å². The number of amides is 1.